The molecule has 4 bridgehead atoms. The third-order valence-corrected chi connectivity index (χ3v) is 8.01. The quantitative estimate of drug-likeness (QED) is 0.706. The van der Waals surface area contributed by atoms with Crippen LogP contribution in [0.3, 0.4) is 0 Å². The minimum absolute atomic E-state index is 0.116. The molecule has 0 aliphatic heterocycles. The molecule has 1 heterocycles. The second kappa shape index (κ2) is 6.31. The summed E-state index contributed by atoms with van der Waals surface area (Å²) in [6.07, 6.45) is 6.43. The molecule has 0 radical (unpaired) electrons. The highest BCUT2D eigenvalue weighted by atomic mass is 35.5. The molecule has 2 atom stereocenters. The first-order valence-corrected chi connectivity index (χ1v) is 11.2. The molecule has 4 saturated carbocycles. The van der Waals surface area contributed by atoms with Crippen LogP contribution in [0, 0.1) is 24.2 Å². The second-order valence-electron chi connectivity index (χ2n) is 9.02. The van der Waals surface area contributed by atoms with E-state index in [-0.39, 0.29) is 16.2 Å². The molecule has 0 saturated heterocycles. The van der Waals surface area contributed by atoms with Crippen molar-refractivity contribution in [2.24, 2.45) is 17.3 Å². The van der Waals surface area contributed by atoms with Gasteiger partial charge in [0.05, 0.1) is 16.1 Å². The first kappa shape index (κ1) is 17.7. The Bertz CT molecular complexity index is 861. The number of aromatic nitrogens is 1. The van der Waals surface area contributed by atoms with Crippen molar-refractivity contribution in [1.82, 2.24) is 10.3 Å². The van der Waals surface area contributed by atoms with Gasteiger partial charge in [0, 0.05) is 22.4 Å². The summed E-state index contributed by atoms with van der Waals surface area (Å²) in [7, 11) is 0. The van der Waals surface area contributed by atoms with Crippen LogP contribution in [0.4, 0.5) is 0 Å². The molecule has 1 N–H and O–H groups in total. The normalized spacial score (nSPS) is 34.0. The minimum atomic E-state index is -0.218. The number of rotatable bonds is 4. The summed E-state index contributed by atoms with van der Waals surface area (Å²) >= 11 is 8.54. The number of benzene rings is 1. The van der Waals surface area contributed by atoms with Gasteiger partial charge in [-0.3, -0.25) is 4.79 Å². The van der Waals surface area contributed by atoms with Crippen molar-refractivity contribution in [3.05, 3.63) is 40.2 Å². The van der Waals surface area contributed by atoms with Crippen molar-refractivity contribution in [2.45, 2.75) is 56.9 Å². The lowest BCUT2D eigenvalue weighted by Gasteiger charge is -2.59. The van der Waals surface area contributed by atoms with Gasteiger partial charge in [0.15, 0.2) is 0 Å². The fraction of sp³-hybridized carbons (Fsp3) is 0.545. The molecular weight excluding hydrogens is 376 g/mol. The van der Waals surface area contributed by atoms with Crippen LogP contribution in [0.25, 0.3) is 11.3 Å². The van der Waals surface area contributed by atoms with Gasteiger partial charge in [-0.2, -0.15) is 0 Å². The summed E-state index contributed by atoms with van der Waals surface area (Å²) in [4.78, 5) is 17.5. The molecule has 3 nitrogen and oxygen atoms in total. The lowest BCUT2D eigenvalue weighted by Crippen LogP contribution is -2.58. The third kappa shape index (κ3) is 3.21. The Morgan fingerprint density at radius 2 is 1.93 bits per heavy atom. The molecule has 5 heteroatoms. The average molecular weight is 401 g/mol. The van der Waals surface area contributed by atoms with Crippen LogP contribution in [0.5, 0.6) is 0 Å². The van der Waals surface area contributed by atoms with Crippen molar-refractivity contribution in [1.29, 1.82) is 0 Å². The number of nitrogens with zero attached hydrogens (tertiary/aromatic N) is 1. The standard InChI is InChI=1S/C22H25ClN2OS/c1-14-25-19(12-27-14)18-4-2-15(3-5-18)11-24-20(26)21-7-16-6-17(8-21)10-22(23,9-16)13-21/h2-5,12,16-17H,6-11,13H2,1H3,(H,24,26). The van der Waals surface area contributed by atoms with Crippen LogP contribution in [-0.4, -0.2) is 15.8 Å². The zero-order valence-electron chi connectivity index (χ0n) is 15.6. The zero-order valence-corrected chi connectivity index (χ0v) is 17.2. The Balaban J connectivity index is 1.26. The van der Waals surface area contributed by atoms with E-state index in [2.05, 4.69) is 39.9 Å². The molecule has 0 spiro atoms. The first-order chi connectivity index (χ1) is 12.9. The van der Waals surface area contributed by atoms with Gasteiger partial charge in [0.1, 0.15) is 0 Å². The lowest BCUT2D eigenvalue weighted by molar-refractivity contribution is -0.144. The molecular formula is C22H25ClN2OS. The lowest BCUT2D eigenvalue weighted by atomic mass is 9.49. The van der Waals surface area contributed by atoms with E-state index >= 15 is 0 Å². The van der Waals surface area contributed by atoms with Crippen molar-refractivity contribution in [3.63, 3.8) is 0 Å². The molecule has 27 heavy (non-hydrogen) atoms. The van der Waals surface area contributed by atoms with Gasteiger partial charge >= 0.3 is 0 Å². The van der Waals surface area contributed by atoms with Crippen molar-refractivity contribution >= 4 is 28.8 Å². The largest absolute Gasteiger partial charge is 0.352 e. The van der Waals surface area contributed by atoms with Crippen molar-refractivity contribution in [3.8, 4) is 11.3 Å². The average Bonchev–Trinajstić information content (AvgIpc) is 3.04. The number of amides is 1. The number of carbonyl (C=O) groups excluding carboxylic acids is 1. The summed E-state index contributed by atoms with van der Waals surface area (Å²) in [5, 5.41) is 6.39. The molecule has 1 aromatic carbocycles. The Labute approximate surface area is 169 Å². The van der Waals surface area contributed by atoms with Crippen LogP contribution >= 0.6 is 22.9 Å². The molecule has 2 unspecified atom stereocenters. The van der Waals surface area contributed by atoms with Crippen LogP contribution in [0.2, 0.25) is 0 Å². The molecule has 1 aromatic heterocycles. The van der Waals surface area contributed by atoms with E-state index in [9.17, 15) is 4.79 Å². The van der Waals surface area contributed by atoms with Gasteiger partial charge in [0.25, 0.3) is 0 Å². The second-order valence-corrected chi connectivity index (χ2v) is 10.9. The Hall–Kier alpha value is -1.39. The molecule has 4 aliphatic rings. The number of aryl methyl sites for hydroxylation is 1. The highest BCUT2D eigenvalue weighted by molar-refractivity contribution is 7.09. The topological polar surface area (TPSA) is 42.0 Å². The predicted molar refractivity (Wildman–Crippen MR) is 110 cm³/mol. The number of thiazole rings is 1. The SMILES string of the molecule is Cc1nc(-c2ccc(CNC(=O)C34CC5CC(CC(Cl)(C5)C3)C4)cc2)cs1. The first-order valence-electron chi connectivity index (χ1n) is 9.92. The van der Waals surface area contributed by atoms with Gasteiger partial charge in [-0.15, -0.1) is 22.9 Å². The highest BCUT2D eigenvalue weighted by Crippen LogP contribution is 2.63. The van der Waals surface area contributed by atoms with Crippen LogP contribution < -0.4 is 5.32 Å². The van der Waals surface area contributed by atoms with Crippen LogP contribution in [0.15, 0.2) is 29.6 Å². The summed E-state index contributed by atoms with van der Waals surface area (Å²) < 4.78 is 0. The zero-order chi connectivity index (χ0) is 18.6. The van der Waals surface area contributed by atoms with E-state index in [0.29, 0.717) is 18.4 Å². The Morgan fingerprint density at radius 1 is 1.22 bits per heavy atom. The summed E-state index contributed by atoms with van der Waals surface area (Å²) in [6.45, 7) is 2.61. The molecule has 4 fully saturated rings. The number of carbonyl (C=O) groups is 1. The third-order valence-electron chi connectivity index (χ3n) is 6.79. The maximum Gasteiger partial charge on any atom is 0.226 e. The molecule has 2 aromatic rings. The smallest absolute Gasteiger partial charge is 0.226 e. The van der Waals surface area contributed by atoms with E-state index in [1.165, 1.54) is 6.42 Å². The van der Waals surface area contributed by atoms with Gasteiger partial charge in [-0.1, -0.05) is 24.3 Å². The maximum absolute atomic E-state index is 13.1. The summed E-state index contributed by atoms with van der Waals surface area (Å²) in [6, 6.07) is 8.36. The minimum Gasteiger partial charge on any atom is -0.352 e. The fourth-order valence-electron chi connectivity index (χ4n) is 6.08. The van der Waals surface area contributed by atoms with Gasteiger partial charge in [-0.05, 0) is 62.8 Å². The predicted octanol–water partition coefficient (Wildman–Crippen LogP) is 5.31. The monoisotopic (exact) mass is 400 g/mol. The van der Waals surface area contributed by atoms with Crippen molar-refractivity contribution in [2.75, 3.05) is 0 Å². The van der Waals surface area contributed by atoms with Gasteiger partial charge in [-0.25, -0.2) is 4.98 Å². The van der Waals surface area contributed by atoms with Crippen LogP contribution in [-0.2, 0) is 11.3 Å². The van der Waals surface area contributed by atoms with Crippen LogP contribution in [0.1, 0.15) is 49.1 Å². The van der Waals surface area contributed by atoms with E-state index < -0.39 is 0 Å². The number of alkyl halides is 1. The van der Waals surface area contributed by atoms with E-state index in [1.807, 2.05) is 6.92 Å². The van der Waals surface area contributed by atoms with E-state index in [1.54, 1.807) is 11.3 Å². The maximum atomic E-state index is 13.1. The number of hydrogen-bond donors (Lipinski definition) is 1. The summed E-state index contributed by atoms with van der Waals surface area (Å²) in [5.41, 5.74) is 3.06. The highest BCUT2D eigenvalue weighted by Gasteiger charge is 2.59. The molecule has 6 rings (SSSR count). The van der Waals surface area contributed by atoms with E-state index in [0.717, 1.165) is 53.9 Å². The Kier molecular flexibility index (Phi) is 4.14. The summed E-state index contributed by atoms with van der Waals surface area (Å²) in [5.74, 6) is 1.52. The van der Waals surface area contributed by atoms with Gasteiger partial charge < -0.3 is 5.32 Å². The number of nitrogens with one attached hydrogen (secondary N) is 1. The molecule has 4 aliphatic carbocycles. The fourth-order valence-corrected chi connectivity index (χ4v) is 7.39. The molecule has 1 amide bonds. The van der Waals surface area contributed by atoms with Crippen molar-refractivity contribution < 1.29 is 4.79 Å². The van der Waals surface area contributed by atoms with Gasteiger partial charge in [0.2, 0.25) is 5.91 Å². The number of halogens is 1. The molecule has 142 valence electrons. The van der Waals surface area contributed by atoms with E-state index in [4.69, 9.17) is 11.6 Å². The number of hydrogen-bond acceptors (Lipinski definition) is 3. The Morgan fingerprint density at radius 3 is 2.52 bits per heavy atom.